The van der Waals surface area contributed by atoms with Crippen LogP contribution in [-0.4, -0.2) is 34.5 Å². The van der Waals surface area contributed by atoms with Crippen molar-refractivity contribution in [2.45, 2.75) is 25.7 Å². The number of amides is 1. The number of ether oxygens (including phenoxy) is 1. The predicted octanol–water partition coefficient (Wildman–Crippen LogP) is 2.64. The van der Waals surface area contributed by atoms with E-state index in [0.29, 0.717) is 11.4 Å². The molecule has 0 saturated heterocycles. The quantitative estimate of drug-likeness (QED) is 0.806. The first-order chi connectivity index (χ1) is 12.2. The van der Waals surface area contributed by atoms with Gasteiger partial charge in [0, 0.05) is 25.7 Å². The first-order valence-corrected chi connectivity index (χ1v) is 9.72. The van der Waals surface area contributed by atoms with E-state index in [-0.39, 0.29) is 23.9 Å². The molecule has 2 rings (SSSR count). The lowest BCUT2D eigenvalue weighted by Crippen LogP contribution is -2.37. The maximum atomic E-state index is 12.4. The Morgan fingerprint density at radius 1 is 1.08 bits per heavy atom. The number of methoxy groups -OCH3 is 1. The van der Waals surface area contributed by atoms with E-state index in [1.807, 2.05) is 13.8 Å². The molecule has 2 aromatic rings. The minimum Gasteiger partial charge on any atom is -0.497 e. The summed E-state index contributed by atoms with van der Waals surface area (Å²) in [7, 11) is -2.05. The van der Waals surface area contributed by atoms with Gasteiger partial charge in [0.05, 0.1) is 12.0 Å². The van der Waals surface area contributed by atoms with E-state index in [9.17, 15) is 13.2 Å². The molecule has 2 aromatic carbocycles. The molecule has 0 spiro atoms. The third-order valence-electron chi connectivity index (χ3n) is 4.18. The molecular formula is C19H24N2O4S. The van der Waals surface area contributed by atoms with Crippen molar-refractivity contribution >= 4 is 21.6 Å². The minimum absolute atomic E-state index is 0.112. The zero-order valence-corrected chi connectivity index (χ0v) is 16.3. The summed E-state index contributed by atoms with van der Waals surface area (Å²) in [5.41, 5.74) is 2.63. The van der Waals surface area contributed by atoms with Gasteiger partial charge in [0.2, 0.25) is 15.9 Å². The first-order valence-electron chi connectivity index (χ1n) is 8.23. The van der Waals surface area contributed by atoms with E-state index < -0.39 is 10.0 Å². The molecule has 6 nitrogen and oxygen atoms in total. The molecule has 0 heterocycles. The average Bonchev–Trinajstić information content (AvgIpc) is 2.61. The van der Waals surface area contributed by atoms with Gasteiger partial charge in [-0.05, 0) is 61.4 Å². The fraction of sp³-hybridized carbons (Fsp3) is 0.316. The summed E-state index contributed by atoms with van der Waals surface area (Å²) in [5.74, 6) is 0.522. The Balaban J connectivity index is 2.06. The van der Waals surface area contributed by atoms with Gasteiger partial charge in [0.1, 0.15) is 5.75 Å². The minimum atomic E-state index is -3.62. The number of aryl methyl sites for hydroxylation is 2. The van der Waals surface area contributed by atoms with E-state index in [1.165, 1.54) is 11.8 Å². The van der Waals surface area contributed by atoms with E-state index in [4.69, 9.17) is 4.74 Å². The van der Waals surface area contributed by atoms with Crippen LogP contribution in [0.1, 0.15) is 18.1 Å². The topological polar surface area (TPSA) is 75.7 Å². The maximum absolute atomic E-state index is 12.4. The molecule has 0 bridgehead atoms. The molecule has 0 aliphatic carbocycles. The lowest BCUT2D eigenvalue weighted by atomic mass is 10.1. The number of nitrogens with zero attached hydrogens (tertiary/aromatic N) is 1. The van der Waals surface area contributed by atoms with E-state index in [2.05, 4.69) is 4.72 Å². The number of anilines is 1. The van der Waals surface area contributed by atoms with E-state index in [1.54, 1.807) is 49.6 Å². The summed E-state index contributed by atoms with van der Waals surface area (Å²) >= 11 is 0. The highest BCUT2D eigenvalue weighted by Crippen LogP contribution is 2.19. The monoisotopic (exact) mass is 376 g/mol. The fourth-order valence-electron chi connectivity index (χ4n) is 2.49. The highest BCUT2D eigenvalue weighted by atomic mass is 32.2. The van der Waals surface area contributed by atoms with Crippen LogP contribution in [0.5, 0.6) is 5.75 Å². The molecule has 0 aliphatic heterocycles. The van der Waals surface area contributed by atoms with Crippen molar-refractivity contribution in [3.05, 3.63) is 53.6 Å². The Morgan fingerprint density at radius 3 is 2.27 bits per heavy atom. The molecule has 1 N–H and O–H groups in total. The largest absolute Gasteiger partial charge is 0.497 e. The Labute approximate surface area is 154 Å². The highest BCUT2D eigenvalue weighted by Gasteiger charge is 2.16. The van der Waals surface area contributed by atoms with Crippen LogP contribution >= 0.6 is 0 Å². The molecular weight excluding hydrogens is 352 g/mol. The van der Waals surface area contributed by atoms with Gasteiger partial charge in [0.25, 0.3) is 0 Å². The van der Waals surface area contributed by atoms with Crippen molar-refractivity contribution in [2.75, 3.05) is 25.1 Å². The summed E-state index contributed by atoms with van der Waals surface area (Å²) in [6, 6.07) is 12.0. The summed E-state index contributed by atoms with van der Waals surface area (Å²) in [4.78, 5) is 13.7. The number of rotatable bonds is 7. The highest BCUT2D eigenvalue weighted by molar-refractivity contribution is 7.89. The first kappa shape index (κ1) is 19.9. The molecule has 0 atom stereocenters. The Kier molecular flexibility index (Phi) is 6.39. The predicted molar refractivity (Wildman–Crippen MR) is 102 cm³/mol. The van der Waals surface area contributed by atoms with Gasteiger partial charge in [-0.1, -0.05) is 6.07 Å². The summed E-state index contributed by atoms with van der Waals surface area (Å²) in [6.45, 7) is 5.59. The number of nitrogens with one attached hydrogen (secondary N) is 1. The number of sulfonamides is 1. The van der Waals surface area contributed by atoms with E-state index in [0.717, 1.165) is 11.1 Å². The Morgan fingerprint density at radius 2 is 1.73 bits per heavy atom. The van der Waals surface area contributed by atoms with Crippen LogP contribution in [0.3, 0.4) is 0 Å². The Hall–Kier alpha value is -2.38. The lowest BCUT2D eigenvalue weighted by Gasteiger charge is -2.21. The standard InChI is InChI=1S/C19H24N2O4S/c1-14-5-10-19(13-15(14)2)26(23,24)20-11-12-21(16(3)22)17-6-8-18(25-4)9-7-17/h5-10,13,20H,11-12H2,1-4H3. The molecule has 140 valence electrons. The number of carbonyl (C=O) groups excluding carboxylic acids is 1. The summed E-state index contributed by atoms with van der Waals surface area (Å²) in [5, 5.41) is 0. The van der Waals surface area contributed by atoms with Crippen LogP contribution in [0, 0.1) is 13.8 Å². The second-order valence-electron chi connectivity index (χ2n) is 6.01. The SMILES string of the molecule is COc1ccc(N(CCNS(=O)(=O)c2ccc(C)c(C)c2)C(C)=O)cc1. The van der Waals surface area contributed by atoms with Crippen LogP contribution in [-0.2, 0) is 14.8 Å². The van der Waals surface area contributed by atoms with Crippen molar-refractivity contribution in [2.24, 2.45) is 0 Å². The number of carbonyl (C=O) groups is 1. The van der Waals surface area contributed by atoms with Gasteiger partial charge in [-0.25, -0.2) is 13.1 Å². The number of hydrogen-bond donors (Lipinski definition) is 1. The molecule has 0 saturated carbocycles. The van der Waals surface area contributed by atoms with Crippen molar-refractivity contribution in [3.8, 4) is 5.75 Å². The maximum Gasteiger partial charge on any atom is 0.240 e. The van der Waals surface area contributed by atoms with Crippen molar-refractivity contribution < 1.29 is 17.9 Å². The van der Waals surface area contributed by atoms with Gasteiger partial charge in [-0.3, -0.25) is 4.79 Å². The molecule has 0 aliphatic rings. The molecule has 0 radical (unpaired) electrons. The zero-order valence-electron chi connectivity index (χ0n) is 15.4. The number of benzene rings is 2. The van der Waals surface area contributed by atoms with Crippen LogP contribution in [0.25, 0.3) is 0 Å². The van der Waals surface area contributed by atoms with Crippen molar-refractivity contribution in [1.29, 1.82) is 0 Å². The zero-order chi connectivity index (χ0) is 19.3. The van der Waals surface area contributed by atoms with Crippen LogP contribution in [0.4, 0.5) is 5.69 Å². The van der Waals surface area contributed by atoms with Gasteiger partial charge >= 0.3 is 0 Å². The van der Waals surface area contributed by atoms with Gasteiger partial charge in [-0.2, -0.15) is 0 Å². The molecule has 1 amide bonds. The molecule has 7 heteroatoms. The lowest BCUT2D eigenvalue weighted by molar-refractivity contribution is -0.116. The second kappa shape index (κ2) is 8.33. The second-order valence-corrected chi connectivity index (χ2v) is 7.78. The fourth-order valence-corrected chi connectivity index (χ4v) is 3.59. The van der Waals surface area contributed by atoms with Gasteiger partial charge in [-0.15, -0.1) is 0 Å². The van der Waals surface area contributed by atoms with Crippen molar-refractivity contribution in [1.82, 2.24) is 4.72 Å². The van der Waals surface area contributed by atoms with Crippen LogP contribution in [0.2, 0.25) is 0 Å². The molecule has 0 aromatic heterocycles. The van der Waals surface area contributed by atoms with Crippen LogP contribution in [0.15, 0.2) is 47.4 Å². The molecule has 0 unspecified atom stereocenters. The smallest absolute Gasteiger partial charge is 0.240 e. The summed E-state index contributed by atoms with van der Waals surface area (Å²) in [6.07, 6.45) is 0. The van der Waals surface area contributed by atoms with Gasteiger partial charge in [0.15, 0.2) is 0 Å². The summed E-state index contributed by atoms with van der Waals surface area (Å²) < 4.78 is 32.5. The normalized spacial score (nSPS) is 11.2. The third kappa shape index (κ3) is 4.83. The van der Waals surface area contributed by atoms with E-state index >= 15 is 0 Å². The average molecular weight is 376 g/mol. The third-order valence-corrected chi connectivity index (χ3v) is 5.64. The number of hydrogen-bond acceptors (Lipinski definition) is 4. The van der Waals surface area contributed by atoms with Crippen LogP contribution < -0.4 is 14.4 Å². The van der Waals surface area contributed by atoms with Crippen molar-refractivity contribution in [3.63, 3.8) is 0 Å². The Bertz CT molecular complexity index is 877. The molecule has 26 heavy (non-hydrogen) atoms. The van der Waals surface area contributed by atoms with Gasteiger partial charge < -0.3 is 9.64 Å². The molecule has 0 fully saturated rings.